The lowest BCUT2D eigenvalue weighted by Gasteiger charge is -2.15. The highest BCUT2D eigenvalue weighted by Crippen LogP contribution is 2.37. The maximum atomic E-state index is 14.3. The molecule has 4 rings (SSSR count). The quantitative estimate of drug-likeness (QED) is 0.147. The summed E-state index contributed by atoms with van der Waals surface area (Å²) in [5, 5.41) is 3.90. The van der Waals surface area contributed by atoms with Gasteiger partial charge in [-0.15, -0.1) is 0 Å². The van der Waals surface area contributed by atoms with Gasteiger partial charge in [-0.2, -0.15) is 10.1 Å². The second-order valence-corrected chi connectivity index (χ2v) is 8.49. The second kappa shape index (κ2) is 10.1. The third kappa shape index (κ3) is 4.58. The number of carbonyl (C=O) groups excluding carboxylic acids is 1. The Hall–Kier alpha value is -3.73. The Labute approximate surface area is 210 Å². The fraction of sp³-hybridized carbons (Fsp3) is 0.120. The maximum Gasteiger partial charge on any atom is 0.280 e. The molecule has 36 heavy (non-hydrogen) atoms. The lowest BCUT2D eigenvalue weighted by Crippen LogP contribution is -2.25. The van der Waals surface area contributed by atoms with Crippen molar-refractivity contribution in [2.75, 3.05) is 12.1 Å². The summed E-state index contributed by atoms with van der Waals surface area (Å²) in [6.45, 7) is 1.51. The molecule has 0 saturated heterocycles. The first-order valence-corrected chi connectivity index (χ1v) is 11.1. The third-order valence-electron chi connectivity index (χ3n) is 5.29. The fourth-order valence-electron chi connectivity index (χ4n) is 3.47. The molecule has 5 nitrogen and oxygen atoms in total. The van der Waals surface area contributed by atoms with Gasteiger partial charge in [0.2, 0.25) is 5.82 Å². The van der Waals surface area contributed by atoms with Crippen molar-refractivity contribution in [1.82, 2.24) is 0 Å². The number of hydrogen-bond acceptors (Lipinski definition) is 4. The van der Waals surface area contributed by atoms with E-state index in [9.17, 15) is 26.7 Å². The summed E-state index contributed by atoms with van der Waals surface area (Å²) in [6, 6.07) is 12.2. The van der Waals surface area contributed by atoms with E-state index >= 15 is 0 Å². The minimum absolute atomic E-state index is 0.00868. The van der Waals surface area contributed by atoms with Crippen LogP contribution in [0.5, 0.6) is 11.5 Å². The molecular formula is C25H16BrF5N2O3. The average molecular weight is 567 g/mol. The summed E-state index contributed by atoms with van der Waals surface area (Å²) in [5.41, 5.74) is -0.402. The molecule has 1 aliphatic rings. The summed E-state index contributed by atoms with van der Waals surface area (Å²) >= 11 is 3.36. The van der Waals surface area contributed by atoms with Crippen molar-refractivity contribution in [1.29, 1.82) is 0 Å². The largest absolute Gasteiger partial charge is 0.493 e. The Bertz CT molecular complexity index is 1400. The van der Waals surface area contributed by atoms with Crippen molar-refractivity contribution in [3.8, 4) is 11.5 Å². The van der Waals surface area contributed by atoms with E-state index in [1.54, 1.807) is 18.2 Å². The summed E-state index contributed by atoms with van der Waals surface area (Å²) in [4.78, 5) is 13.0. The standard InChI is InChI=1S/C25H16BrF5N2O3/c1-12-16(25(34)33(32-12)23-21(30)19(28)18(27)20(29)22(23)31)10-14-4-3-5-17(35-2)24(14)36-11-13-6-8-15(26)9-7-13/h3-10H,11H2,1-2H3/b16-10-. The van der Waals surface area contributed by atoms with Gasteiger partial charge in [-0.1, -0.05) is 40.2 Å². The number of anilines is 1. The third-order valence-corrected chi connectivity index (χ3v) is 5.82. The van der Waals surface area contributed by atoms with Crippen molar-refractivity contribution in [2.45, 2.75) is 13.5 Å². The number of ether oxygens (including phenoxy) is 2. The Morgan fingerprint density at radius 1 is 0.944 bits per heavy atom. The van der Waals surface area contributed by atoms with E-state index in [1.807, 2.05) is 24.3 Å². The van der Waals surface area contributed by atoms with Gasteiger partial charge in [-0.05, 0) is 36.8 Å². The molecule has 0 aliphatic carbocycles. The van der Waals surface area contributed by atoms with Crippen LogP contribution < -0.4 is 14.5 Å². The first-order chi connectivity index (χ1) is 17.1. The number of nitrogens with zero attached hydrogens (tertiary/aromatic N) is 2. The molecule has 3 aromatic rings. The molecule has 0 radical (unpaired) electrons. The van der Waals surface area contributed by atoms with E-state index in [0.717, 1.165) is 10.0 Å². The number of halogens is 6. The number of benzene rings is 3. The zero-order valence-corrected chi connectivity index (χ0v) is 20.3. The van der Waals surface area contributed by atoms with Crippen LogP contribution in [-0.2, 0) is 11.4 Å². The van der Waals surface area contributed by atoms with Gasteiger partial charge in [0.1, 0.15) is 12.3 Å². The number of methoxy groups -OCH3 is 1. The van der Waals surface area contributed by atoms with Crippen molar-refractivity contribution >= 4 is 39.3 Å². The number of carbonyl (C=O) groups is 1. The smallest absolute Gasteiger partial charge is 0.280 e. The fourth-order valence-corrected chi connectivity index (χ4v) is 3.73. The van der Waals surface area contributed by atoms with Gasteiger partial charge in [0.25, 0.3) is 5.91 Å². The Balaban J connectivity index is 1.72. The molecule has 0 atom stereocenters. The molecule has 1 aliphatic heterocycles. The first-order valence-electron chi connectivity index (χ1n) is 10.3. The number of hydrazone groups is 1. The van der Waals surface area contributed by atoms with Gasteiger partial charge < -0.3 is 9.47 Å². The van der Waals surface area contributed by atoms with Crippen LogP contribution in [0, 0.1) is 29.1 Å². The van der Waals surface area contributed by atoms with Gasteiger partial charge in [-0.3, -0.25) is 4.79 Å². The molecule has 0 saturated carbocycles. The molecule has 0 fully saturated rings. The van der Waals surface area contributed by atoms with Crippen molar-refractivity contribution < 1.29 is 36.2 Å². The predicted molar refractivity (Wildman–Crippen MR) is 126 cm³/mol. The highest BCUT2D eigenvalue weighted by Gasteiger charge is 2.37. The zero-order valence-electron chi connectivity index (χ0n) is 18.7. The Morgan fingerprint density at radius 2 is 1.56 bits per heavy atom. The SMILES string of the molecule is COc1cccc(/C=C2\C(=O)N(c3c(F)c(F)c(F)c(F)c3F)N=C2C)c1OCc1ccc(Br)cc1. The van der Waals surface area contributed by atoms with Crippen LogP contribution in [0.2, 0.25) is 0 Å². The van der Waals surface area contributed by atoms with Crippen molar-refractivity contribution in [3.05, 3.63) is 92.7 Å². The van der Waals surface area contributed by atoms with E-state index in [1.165, 1.54) is 20.1 Å². The average Bonchev–Trinajstić information content (AvgIpc) is 3.14. The van der Waals surface area contributed by atoms with Gasteiger partial charge in [0.15, 0.2) is 34.8 Å². The molecule has 1 heterocycles. The molecular weight excluding hydrogens is 551 g/mol. The van der Waals surface area contributed by atoms with E-state index in [2.05, 4.69) is 21.0 Å². The van der Waals surface area contributed by atoms with Gasteiger partial charge >= 0.3 is 0 Å². The minimum atomic E-state index is -2.33. The van der Waals surface area contributed by atoms with Gasteiger partial charge in [-0.25, -0.2) is 22.0 Å². The molecule has 0 bridgehead atoms. The minimum Gasteiger partial charge on any atom is -0.493 e. The lowest BCUT2D eigenvalue weighted by atomic mass is 10.1. The Kier molecular flexibility index (Phi) is 7.11. The van der Waals surface area contributed by atoms with Crippen LogP contribution >= 0.6 is 15.9 Å². The maximum absolute atomic E-state index is 14.3. The number of amides is 1. The van der Waals surface area contributed by atoms with Crippen LogP contribution in [0.4, 0.5) is 27.6 Å². The predicted octanol–water partition coefficient (Wildman–Crippen LogP) is 6.54. The van der Waals surface area contributed by atoms with Crippen LogP contribution in [0.25, 0.3) is 6.08 Å². The molecule has 1 amide bonds. The molecule has 0 N–H and O–H groups in total. The zero-order chi connectivity index (χ0) is 26.1. The Morgan fingerprint density at radius 3 is 2.17 bits per heavy atom. The van der Waals surface area contributed by atoms with E-state index < -0.39 is 40.7 Å². The molecule has 3 aromatic carbocycles. The molecule has 0 aromatic heterocycles. The highest BCUT2D eigenvalue weighted by atomic mass is 79.9. The van der Waals surface area contributed by atoms with Crippen molar-refractivity contribution in [3.63, 3.8) is 0 Å². The normalized spacial score (nSPS) is 14.4. The van der Waals surface area contributed by atoms with E-state index in [0.29, 0.717) is 11.3 Å². The molecule has 0 spiro atoms. The monoisotopic (exact) mass is 566 g/mol. The first kappa shape index (κ1) is 25.4. The molecule has 186 valence electrons. The highest BCUT2D eigenvalue weighted by molar-refractivity contribution is 9.10. The number of para-hydroxylation sites is 1. The molecule has 11 heteroatoms. The second-order valence-electron chi connectivity index (χ2n) is 7.57. The van der Waals surface area contributed by atoms with Crippen LogP contribution in [0.1, 0.15) is 18.1 Å². The number of rotatable bonds is 6. The van der Waals surface area contributed by atoms with Crippen molar-refractivity contribution in [2.24, 2.45) is 5.10 Å². The van der Waals surface area contributed by atoms with Gasteiger partial charge in [0, 0.05) is 10.0 Å². The molecule has 0 unspecified atom stereocenters. The van der Waals surface area contributed by atoms with E-state index in [-0.39, 0.29) is 28.7 Å². The van der Waals surface area contributed by atoms with Crippen LogP contribution in [0.3, 0.4) is 0 Å². The van der Waals surface area contributed by atoms with Crippen LogP contribution in [0.15, 0.2) is 57.6 Å². The summed E-state index contributed by atoms with van der Waals surface area (Å²) in [6.07, 6.45) is 1.34. The van der Waals surface area contributed by atoms with Gasteiger partial charge in [0.05, 0.1) is 18.4 Å². The number of hydrogen-bond donors (Lipinski definition) is 0. The topological polar surface area (TPSA) is 51.1 Å². The summed E-state index contributed by atoms with van der Waals surface area (Å²) in [5.74, 6) is -11.5. The summed E-state index contributed by atoms with van der Waals surface area (Å²) < 4.78 is 81.7. The van der Waals surface area contributed by atoms with Crippen LogP contribution in [-0.4, -0.2) is 18.7 Å². The summed E-state index contributed by atoms with van der Waals surface area (Å²) in [7, 11) is 1.43. The van der Waals surface area contributed by atoms with E-state index in [4.69, 9.17) is 9.47 Å². The lowest BCUT2D eigenvalue weighted by molar-refractivity contribution is -0.114.